The summed E-state index contributed by atoms with van der Waals surface area (Å²) in [5, 5.41) is 0. The van der Waals surface area contributed by atoms with E-state index in [1.807, 2.05) is 0 Å². The molecule has 0 radical (unpaired) electrons. The summed E-state index contributed by atoms with van der Waals surface area (Å²) < 4.78 is 3.60. The largest absolute Gasteiger partial charge is 1.00 e. The zero-order valence-electron chi connectivity index (χ0n) is 11.5. The van der Waals surface area contributed by atoms with Crippen LogP contribution in [-0.4, -0.2) is 0 Å². The van der Waals surface area contributed by atoms with E-state index in [0.717, 1.165) is 0 Å². The van der Waals surface area contributed by atoms with E-state index in [2.05, 4.69) is 39.8 Å². The molecule has 0 aliphatic heterocycles. The third kappa shape index (κ3) is 2.68. The topological polar surface area (TPSA) is 0 Å². The van der Waals surface area contributed by atoms with Crippen LogP contribution in [0.15, 0.2) is 41.0 Å². The van der Waals surface area contributed by atoms with Gasteiger partial charge in [0, 0.05) is 0 Å². The molecule has 0 N–H and O–H groups in total. The second-order valence-electron chi connectivity index (χ2n) is 4.51. The van der Waals surface area contributed by atoms with Crippen molar-refractivity contribution in [2.45, 2.75) is 40.5 Å². The van der Waals surface area contributed by atoms with Crippen LogP contribution < -0.4 is 0 Å². The normalized spacial score (nSPS) is 19.8. The first-order valence-electron chi connectivity index (χ1n) is 5.60. The molecule has 0 aromatic carbocycles. The van der Waals surface area contributed by atoms with Crippen LogP contribution in [0.5, 0.6) is 0 Å². The average Bonchev–Trinajstić information content (AvgIpc) is 2.68. The third-order valence-electron chi connectivity index (χ3n) is 3.61. The molecule has 0 atom stereocenters. The fraction of sp³-hybridized carbons (Fsp3) is 0.429. The fourth-order valence-electron chi connectivity index (χ4n) is 2.07. The maximum absolute atomic E-state index is 2.40. The molecule has 2 rings (SSSR count). The molecular weight excluding hydrogens is 295 g/mol. The van der Waals surface area contributed by atoms with Crippen LogP contribution in [0.1, 0.15) is 42.0 Å². The molecule has 0 bridgehead atoms. The second kappa shape index (κ2) is 5.65. The van der Waals surface area contributed by atoms with Gasteiger partial charge in [0.2, 0.25) is 0 Å². The van der Waals surface area contributed by atoms with Crippen molar-refractivity contribution in [1.82, 2.24) is 0 Å². The van der Waals surface area contributed by atoms with Crippen molar-refractivity contribution in [3.8, 4) is 0 Å². The molecule has 0 fully saturated rings. The molecule has 0 aromatic heterocycles. The summed E-state index contributed by atoms with van der Waals surface area (Å²) >= 11 is -0.438. The molecule has 0 unspecified atom stereocenters. The van der Waals surface area contributed by atoms with E-state index in [1.165, 1.54) is 24.0 Å². The van der Waals surface area contributed by atoms with Crippen molar-refractivity contribution in [2.75, 3.05) is 0 Å². The van der Waals surface area contributed by atoms with Gasteiger partial charge in [-0.25, -0.2) is 0 Å². The molecule has 0 spiro atoms. The van der Waals surface area contributed by atoms with Gasteiger partial charge < -0.3 is 1.43 Å². The Morgan fingerprint density at radius 1 is 0.875 bits per heavy atom. The van der Waals surface area contributed by atoms with Crippen LogP contribution in [0.25, 0.3) is 0 Å². The van der Waals surface area contributed by atoms with Crippen molar-refractivity contribution in [2.24, 2.45) is 0 Å². The molecule has 2 aliphatic carbocycles. The number of allylic oxidation sites excluding steroid dienone is 8. The number of halogens is 1. The molecule has 16 heavy (non-hydrogen) atoms. The van der Waals surface area contributed by atoms with Crippen LogP contribution in [0.2, 0.25) is 0 Å². The minimum atomic E-state index is -0.438. The van der Waals surface area contributed by atoms with Gasteiger partial charge in [0.15, 0.2) is 0 Å². The van der Waals surface area contributed by atoms with Crippen LogP contribution >= 0.6 is 12.4 Å². The molecule has 0 heterocycles. The number of hydrogen-bond donors (Lipinski definition) is 0. The smallest absolute Gasteiger partial charge is 0.147 e. The first-order valence-corrected chi connectivity index (χ1v) is 8.06. The summed E-state index contributed by atoms with van der Waals surface area (Å²) in [5.41, 5.74) is 6.25. The summed E-state index contributed by atoms with van der Waals surface area (Å²) in [7, 11) is 0. The van der Waals surface area contributed by atoms with Gasteiger partial charge in [-0.05, 0) is 0 Å². The Bertz CT molecular complexity index is 388. The standard InChI is InChI=1S/2C7H9.ClH.Zr.H/c2*1-6-4-3-5-7(6)2;;;/h2*4H,3H2,1-2H3;1H;;/q;;;;-1. The fourth-order valence-corrected chi connectivity index (χ4v) is 5.86. The van der Waals surface area contributed by atoms with Crippen LogP contribution in [0.4, 0.5) is 0 Å². The molecule has 0 nitrogen and oxygen atoms in total. The van der Waals surface area contributed by atoms with Crippen LogP contribution in [0, 0.1) is 0 Å². The van der Waals surface area contributed by atoms with Crippen LogP contribution in [0.3, 0.4) is 0 Å². The Labute approximate surface area is 118 Å². The Morgan fingerprint density at radius 3 is 1.50 bits per heavy atom. The van der Waals surface area contributed by atoms with Gasteiger partial charge >= 0.3 is 105 Å². The zero-order valence-corrected chi connectivity index (χ0v) is 13.8. The summed E-state index contributed by atoms with van der Waals surface area (Å²) in [6.07, 6.45) is 7.30. The van der Waals surface area contributed by atoms with Crippen molar-refractivity contribution in [3.63, 3.8) is 0 Å². The molecule has 2 aliphatic rings. The van der Waals surface area contributed by atoms with E-state index >= 15 is 0 Å². The summed E-state index contributed by atoms with van der Waals surface area (Å²) in [6, 6.07) is 0. The predicted molar refractivity (Wildman–Crippen MR) is 70.5 cm³/mol. The maximum Gasteiger partial charge on any atom is -0.147 e. The van der Waals surface area contributed by atoms with Gasteiger partial charge in [-0.15, -0.1) is 12.4 Å². The quantitative estimate of drug-likeness (QED) is 0.683. The van der Waals surface area contributed by atoms with Crippen molar-refractivity contribution >= 4 is 12.4 Å². The zero-order chi connectivity index (χ0) is 11.0. The minimum absolute atomic E-state index is 0. The summed E-state index contributed by atoms with van der Waals surface area (Å²) in [4.78, 5) is 0. The summed E-state index contributed by atoms with van der Waals surface area (Å²) in [5.74, 6) is 0. The van der Waals surface area contributed by atoms with Crippen molar-refractivity contribution in [3.05, 3.63) is 41.0 Å². The minimum Gasteiger partial charge on any atom is -1.00 e. The van der Waals surface area contributed by atoms with Crippen molar-refractivity contribution in [1.29, 1.82) is 0 Å². The Hall–Kier alpha value is 0.133. The van der Waals surface area contributed by atoms with E-state index in [4.69, 9.17) is 0 Å². The van der Waals surface area contributed by atoms with Gasteiger partial charge in [0.25, 0.3) is 0 Å². The second-order valence-corrected chi connectivity index (χ2v) is 8.10. The van der Waals surface area contributed by atoms with Gasteiger partial charge in [-0.1, -0.05) is 0 Å². The summed E-state index contributed by atoms with van der Waals surface area (Å²) in [6.45, 7) is 9.11. The first-order chi connectivity index (χ1) is 7.09. The molecule has 0 saturated carbocycles. The Kier molecular flexibility index (Phi) is 5.01. The molecule has 0 aromatic rings. The van der Waals surface area contributed by atoms with E-state index in [9.17, 15) is 0 Å². The van der Waals surface area contributed by atoms with Crippen LogP contribution in [-0.2, 0) is 23.2 Å². The molecule has 2 heteroatoms. The van der Waals surface area contributed by atoms with Gasteiger partial charge in [0.1, 0.15) is 0 Å². The van der Waals surface area contributed by atoms with E-state index in [0.29, 0.717) is 0 Å². The van der Waals surface area contributed by atoms with Gasteiger partial charge in [0.05, 0.1) is 0 Å². The third-order valence-corrected chi connectivity index (χ3v) is 7.95. The Morgan fingerprint density at radius 2 is 1.25 bits per heavy atom. The predicted octanol–water partition coefficient (Wildman–Crippen LogP) is 4.85. The van der Waals surface area contributed by atoms with E-state index in [1.54, 1.807) is 17.7 Å². The maximum atomic E-state index is 2.40. The molecule has 88 valence electrons. The number of hydrogen-bond acceptors (Lipinski definition) is 0. The van der Waals surface area contributed by atoms with Crippen molar-refractivity contribution < 1.29 is 24.7 Å². The van der Waals surface area contributed by atoms with E-state index < -0.39 is 23.2 Å². The first kappa shape index (κ1) is 14.2. The number of rotatable bonds is 2. The average molecular weight is 315 g/mol. The van der Waals surface area contributed by atoms with Gasteiger partial charge in [-0.2, -0.15) is 0 Å². The molecule has 0 amide bonds. The van der Waals surface area contributed by atoms with Gasteiger partial charge in [-0.3, -0.25) is 0 Å². The SMILES string of the molecule is CC1=CC[C]([Zr][C]2=C(C)C(C)=CC2)=C1C.Cl.[H-]. The van der Waals surface area contributed by atoms with E-state index in [-0.39, 0.29) is 13.8 Å². The molecule has 0 saturated heterocycles. The Balaban J connectivity index is 0.00000128. The molecular formula is C14H20ClZr-. The monoisotopic (exact) mass is 313 g/mol.